The summed E-state index contributed by atoms with van der Waals surface area (Å²) in [7, 11) is 0. The molecule has 0 N–H and O–H groups in total. The maximum atomic E-state index is 12.2. The molecule has 1 atom stereocenters. The number of rotatable bonds is 3. The fraction of sp³-hybridized carbons (Fsp3) is 0.429. The van der Waals surface area contributed by atoms with E-state index in [9.17, 15) is 4.79 Å². The van der Waals surface area contributed by atoms with E-state index in [1.165, 1.54) is 0 Å². The van der Waals surface area contributed by atoms with Gasteiger partial charge in [0.15, 0.2) is 0 Å². The van der Waals surface area contributed by atoms with Crippen molar-refractivity contribution in [2.75, 3.05) is 13.1 Å². The zero-order valence-corrected chi connectivity index (χ0v) is 11.4. The third-order valence-corrected chi connectivity index (χ3v) is 3.58. The molecule has 104 valence electrons. The van der Waals surface area contributed by atoms with Crippen molar-refractivity contribution < 1.29 is 4.79 Å². The molecule has 1 aliphatic heterocycles. The molecule has 20 heavy (non-hydrogen) atoms. The first-order valence-electron chi connectivity index (χ1n) is 6.77. The predicted molar refractivity (Wildman–Crippen MR) is 72.9 cm³/mol. The van der Waals surface area contributed by atoms with Crippen molar-refractivity contribution in [3.05, 3.63) is 42.2 Å². The number of amides is 1. The van der Waals surface area contributed by atoms with Crippen LogP contribution in [0.1, 0.15) is 23.9 Å². The Bertz CT molecular complexity index is 595. The van der Waals surface area contributed by atoms with Crippen molar-refractivity contribution in [1.82, 2.24) is 24.6 Å². The molecule has 1 saturated heterocycles. The number of aryl methyl sites for hydroxylation is 1. The molecule has 3 heterocycles. The van der Waals surface area contributed by atoms with Gasteiger partial charge < -0.3 is 4.90 Å². The Hall–Kier alpha value is -2.24. The lowest BCUT2D eigenvalue weighted by molar-refractivity contribution is -0.131. The minimum atomic E-state index is 0.101. The van der Waals surface area contributed by atoms with E-state index in [4.69, 9.17) is 0 Å². The number of carbonyl (C=O) groups is 1. The van der Waals surface area contributed by atoms with E-state index < -0.39 is 0 Å². The average Bonchev–Trinajstić information content (AvgIpc) is 3.09. The lowest BCUT2D eigenvalue weighted by atomic mass is 10.1. The van der Waals surface area contributed by atoms with Crippen molar-refractivity contribution in [1.29, 1.82) is 0 Å². The largest absolute Gasteiger partial charge is 0.340 e. The molecule has 2 aromatic rings. The number of likely N-dealkylation sites (tertiary alicyclic amines) is 1. The monoisotopic (exact) mass is 271 g/mol. The molecule has 0 saturated carbocycles. The van der Waals surface area contributed by atoms with Gasteiger partial charge in [-0.05, 0) is 25.5 Å². The highest BCUT2D eigenvalue weighted by atomic mass is 16.2. The van der Waals surface area contributed by atoms with Gasteiger partial charge in [0, 0.05) is 43.3 Å². The summed E-state index contributed by atoms with van der Waals surface area (Å²) in [6, 6.07) is 3.71. The lowest BCUT2D eigenvalue weighted by Crippen LogP contribution is -2.32. The molecule has 0 aliphatic carbocycles. The minimum absolute atomic E-state index is 0.101. The predicted octanol–water partition coefficient (Wildman–Crippen LogP) is 0.998. The summed E-state index contributed by atoms with van der Waals surface area (Å²) in [5.74, 6) is 1.19. The van der Waals surface area contributed by atoms with Gasteiger partial charge in [0.25, 0.3) is 0 Å². The molecular weight excluding hydrogens is 254 g/mol. The van der Waals surface area contributed by atoms with E-state index in [0.717, 1.165) is 24.5 Å². The van der Waals surface area contributed by atoms with Crippen molar-refractivity contribution >= 4 is 5.91 Å². The Morgan fingerprint density at radius 3 is 3.10 bits per heavy atom. The van der Waals surface area contributed by atoms with Crippen LogP contribution in [0, 0.1) is 6.92 Å². The van der Waals surface area contributed by atoms with Gasteiger partial charge in [-0.2, -0.15) is 5.10 Å². The summed E-state index contributed by atoms with van der Waals surface area (Å²) in [5, 5.41) is 4.06. The van der Waals surface area contributed by atoms with Gasteiger partial charge in [-0.25, -0.2) is 9.97 Å². The zero-order chi connectivity index (χ0) is 13.9. The smallest absolute Gasteiger partial charge is 0.244 e. The second kappa shape index (κ2) is 5.40. The Balaban J connectivity index is 1.63. The van der Waals surface area contributed by atoms with Crippen molar-refractivity contribution in [2.45, 2.75) is 25.8 Å². The number of hydrogen-bond acceptors (Lipinski definition) is 4. The van der Waals surface area contributed by atoms with Gasteiger partial charge in [0.05, 0.1) is 0 Å². The Morgan fingerprint density at radius 2 is 2.35 bits per heavy atom. The highest BCUT2D eigenvalue weighted by molar-refractivity contribution is 5.76. The molecule has 1 unspecified atom stereocenters. The van der Waals surface area contributed by atoms with Crippen molar-refractivity contribution in [3.8, 4) is 0 Å². The Labute approximate surface area is 117 Å². The fourth-order valence-corrected chi connectivity index (χ4v) is 2.50. The van der Waals surface area contributed by atoms with Crippen molar-refractivity contribution in [3.63, 3.8) is 0 Å². The second-order valence-corrected chi connectivity index (χ2v) is 5.09. The molecule has 0 aromatic carbocycles. The van der Waals surface area contributed by atoms with E-state index in [-0.39, 0.29) is 11.8 Å². The number of aromatic nitrogens is 4. The summed E-state index contributed by atoms with van der Waals surface area (Å²) >= 11 is 0. The van der Waals surface area contributed by atoms with E-state index in [0.29, 0.717) is 13.1 Å². The first kappa shape index (κ1) is 12.8. The molecule has 1 amide bonds. The summed E-state index contributed by atoms with van der Waals surface area (Å²) < 4.78 is 1.65. The maximum Gasteiger partial charge on any atom is 0.244 e. The molecule has 3 rings (SSSR count). The first-order chi connectivity index (χ1) is 9.72. The molecule has 0 bridgehead atoms. The van der Waals surface area contributed by atoms with Gasteiger partial charge in [0.2, 0.25) is 5.91 Å². The van der Waals surface area contributed by atoms with Gasteiger partial charge in [-0.15, -0.1) is 0 Å². The first-order valence-corrected chi connectivity index (χ1v) is 6.77. The number of carbonyl (C=O) groups excluding carboxylic acids is 1. The molecule has 1 aliphatic rings. The maximum absolute atomic E-state index is 12.2. The minimum Gasteiger partial charge on any atom is -0.340 e. The van der Waals surface area contributed by atoms with Gasteiger partial charge in [-0.1, -0.05) is 0 Å². The Kier molecular flexibility index (Phi) is 3.45. The van der Waals surface area contributed by atoms with Crippen LogP contribution in [-0.4, -0.2) is 43.6 Å². The SMILES string of the molecule is Cc1ccnc(C2CCN(C(=O)Cn3cccn3)C2)n1. The van der Waals surface area contributed by atoms with E-state index >= 15 is 0 Å². The highest BCUT2D eigenvalue weighted by Gasteiger charge is 2.29. The topological polar surface area (TPSA) is 63.9 Å². The molecule has 6 nitrogen and oxygen atoms in total. The van der Waals surface area contributed by atoms with E-state index in [1.807, 2.05) is 24.0 Å². The van der Waals surface area contributed by atoms with Crippen LogP contribution < -0.4 is 0 Å². The van der Waals surface area contributed by atoms with Crippen LogP contribution >= 0.6 is 0 Å². The van der Waals surface area contributed by atoms with Crippen LogP contribution in [0.25, 0.3) is 0 Å². The summed E-state index contributed by atoms with van der Waals surface area (Å²) in [6.45, 7) is 3.72. The second-order valence-electron chi connectivity index (χ2n) is 5.09. The fourth-order valence-electron chi connectivity index (χ4n) is 2.50. The van der Waals surface area contributed by atoms with Gasteiger partial charge >= 0.3 is 0 Å². The zero-order valence-electron chi connectivity index (χ0n) is 11.4. The van der Waals surface area contributed by atoms with Crippen molar-refractivity contribution in [2.24, 2.45) is 0 Å². The van der Waals surface area contributed by atoms with Crippen LogP contribution in [0.4, 0.5) is 0 Å². The van der Waals surface area contributed by atoms with Crippen LogP contribution in [0.2, 0.25) is 0 Å². The quantitative estimate of drug-likeness (QED) is 0.835. The van der Waals surface area contributed by atoms with E-state index in [2.05, 4.69) is 15.1 Å². The molecule has 0 spiro atoms. The Morgan fingerprint density at radius 1 is 1.45 bits per heavy atom. The lowest BCUT2D eigenvalue weighted by Gasteiger charge is -2.16. The van der Waals surface area contributed by atoms with Crippen LogP contribution in [0.15, 0.2) is 30.7 Å². The normalized spacial score (nSPS) is 18.4. The van der Waals surface area contributed by atoms with Crippen LogP contribution in [-0.2, 0) is 11.3 Å². The molecule has 0 radical (unpaired) electrons. The molecular formula is C14H17N5O. The molecule has 6 heteroatoms. The molecule has 2 aromatic heterocycles. The van der Waals surface area contributed by atoms with E-state index in [1.54, 1.807) is 23.3 Å². The number of hydrogen-bond donors (Lipinski definition) is 0. The van der Waals surface area contributed by atoms with Gasteiger partial charge in [0.1, 0.15) is 12.4 Å². The highest BCUT2D eigenvalue weighted by Crippen LogP contribution is 2.24. The third kappa shape index (κ3) is 2.68. The summed E-state index contributed by atoms with van der Waals surface area (Å²) in [4.78, 5) is 22.8. The number of nitrogens with zero attached hydrogens (tertiary/aromatic N) is 5. The van der Waals surface area contributed by atoms with Crippen LogP contribution in [0.3, 0.4) is 0 Å². The average molecular weight is 271 g/mol. The van der Waals surface area contributed by atoms with Gasteiger partial charge in [-0.3, -0.25) is 9.48 Å². The summed E-state index contributed by atoms with van der Waals surface area (Å²) in [6.07, 6.45) is 6.19. The third-order valence-electron chi connectivity index (χ3n) is 3.58. The standard InChI is InChI=1S/C14H17N5O/c1-11-3-6-15-14(17-11)12-4-8-18(9-12)13(20)10-19-7-2-5-16-19/h2-3,5-7,12H,4,8-10H2,1H3. The summed E-state index contributed by atoms with van der Waals surface area (Å²) in [5.41, 5.74) is 0.969. The molecule has 1 fully saturated rings. The van der Waals surface area contributed by atoms with Crippen LogP contribution in [0.5, 0.6) is 0 Å².